The van der Waals surface area contributed by atoms with Crippen LogP contribution in [0.2, 0.25) is 0 Å². The number of likely N-dealkylation sites (N-methyl/N-ethyl adjacent to an activating group) is 1. The van der Waals surface area contributed by atoms with Crippen molar-refractivity contribution in [2.75, 3.05) is 20.2 Å². The van der Waals surface area contributed by atoms with Gasteiger partial charge in [0.15, 0.2) is 17.6 Å². The maximum absolute atomic E-state index is 12.8. The topological polar surface area (TPSA) is 64.8 Å². The Morgan fingerprint density at radius 3 is 2.67 bits per heavy atom. The van der Waals surface area contributed by atoms with E-state index < -0.39 is 0 Å². The summed E-state index contributed by atoms with van der Waals surface area (Å²) in [7, 11) is 1.85. The van der Waals surface area contributed by atoms with Crippen LogP contribution in [-0.2, 0) is 4.79 Å². The van der Waals surface area contributed by atoms with Gasteiger partial charge >= 0.3 is 0 Å². The van der Waals surface area contributed by atoms with Gasteiger partial charge in [0.25, 0.3) is 0 Å². The molecule has 2 fully saturated rings. The molecule has 1 aliphatic heterocycles. The molecule has 1 amide bonds. The molecule has 132 valence electrons. The molecule has 1 heterocycles. The summed E-state index contributed by atoms with van der Waals surface area (Å²) in [5.74, 6) is 2.72. The van der Waals surface area contributed by atoms with Gasteiger partial charge in [-0.1, -0.05) is 12.1 Å². The first-order chi connectivity index (χ1) is 11.1. The quantitative estimate of drug-likeness (QED) is 0.904. The first kappa shape index (κ1) is 17.4. The highest BCUT2D eigenvalue weighted by molar-refractivity contribution is 5.85. The van der Waals surface area contributed by atoms with E-state index in [1.54, 1.807) is 4.90 Å². The minimum absolute atomic E-state index is 0. The second-order valence-electron chi connectivity index (χ2n) is 7.15. The monoisotopic (exact) mass is 352 g/mol. The molecule has 4 rings (SSSR count). The van der Waals surface area contributed by atoms with Crippen molar-refractivity contribution in [2.24, 2.45) is 23.5 Å². The third-order valence-electron chi connectivity index (χ3n) is 5.69. The number of nitrogens with two attached hydrogens (primary N) is 1. The Balaban J connectivity index is 0.00000169. The third-order valence-corrected chi connectivity index (χ3v) is 5.69. The molecule has 3 aliphatic rings. The second kappa shape index (κ2) is 6.81. The van der Waals surface area contributed by atoms with E-state index in [0.717, 1.165) is 24.3 Å². The summed E-state index contributed by atoms with van der Waals surface area (Å²) >= 11 is 0. The molecule has 0 saturated heterocycles. The van der Waals surface area contributed by atoms with Crippen LogP contribution in [0, 0.1) is 17.8 Å². The van der Waals surface area contributed by atoms with E-state index in [9.17, 15) is 4.79 Å². The molecule has 0 spiro atoms. The van der Waals surface area contributed by atoms with Crippen LogP contribution in [0.4, 0.5) is 0 Å². The SMILES string of the molecule is CN(CC1COc2ccccc2O1)C(=O)C1C2CCC(C2)C1N.Cl. The van der Waals surface area contributed by atoms with E-state index in [1.165, 1.54) is 6.42 Å². The molecule has 0 radical (unpaired) electrons. The van der Waals surface area contributed by atoms with E-state index in [4.69, 9.17) is 15.2 Å². The number of halogens is 1. The molecule has 2 bridgehead atoms. The molecule has 5 unspecified atom stereocenters. The Morgan fingerprint density at radius 1 is 1.25 bits per heavy atom. The molecule has 0 aromatic heterocycles. The van der Waals surface area contributed by atoms with Crippen LogP contribution in [0.5, 0.6) is 11.5 Å². The molecule has 6 heteroatoms. The van der Waals surface area contributed by atoms with Gasteiger partial charge in [-0.25, -0.2) is 0 Å². The van der Waals surface area contributed by atoms with Crippen LogP contribution in [0.25, 0.3) is 0 Å². The molecule has 2 N–H and O–H groups in total. The van der Waals surface area contributed by atoms with E-state index in [0.29, 0.717) is 25.0 Å². The van der Waals surface area contributed by atoms with Gasteiger partial charge in [0.1, 0.15) is 6.61 Å². The number of amides is 1. The second-order valence-corrected chi connectivity index (χ2v) is 7.15. The summed E-state index contributed by atoms with van der Waals surface area (Å²) in [6.45, 7) is 1.01. The number of ether oxygens (including phenoxy) is 2. The highest BCUT2D eigenvalue weighted by Gasteiger charge is 2.49. The summed E-state index contributed by atoms with van der Waals surface area (Å²) in [4.78, 5) is 14.6. The minimum Gasteiger partial charge on any atom is -0.486 e. The van der Waals surface area contributed by atoms with Crippen LogP contribution in [0.15, 0.2) is 24.3 Å². The zero-order chi connectivity index (χ0) is 16.0. The summed E-state index contributed by atoms with van der Waals surface area (Å²) in [6.07, 6.45) is 3.34. The van der Waals surface area contributed by atoms with Crippen LogP contribution < -0.4 is 15.2 Å². The molecular weight excluding hydrogens is 328 g/mol. The number of nitrogens with zero attached hydrogens (tertiary/aromatic N) is 1. The summed E-state index contributed by atoms with van der Waals surface area (Å²) in [6, 6.07) is 7.68. The Bertz CT molecular complexity index is 610. The third kappa shape index (κ3) is 2.95. The predicted octanol–water partition coefficient (Wildman–Crippen LogP) is 2.08. The molecule has 24 heavy (non-hydrogen) atoms. The van der Waals surface area contributed by atoms with Crippen LogP contribution in [-0.4, -0.2) is 43.2 Å². The fourth-order valence-electron chi connectivity index (χ4n) is 4.51. The van der Waals surface area contributed by atoms with Crippen LogP contribution in [0.1, 0.15) is 19.3 Å². The summed E-state index contributed by atoms with van der Waals surface area (Å²) < 4.78 is 11.7. The first-order valence-corrected chi connectivity index (χ1v) is 8.52. The lowest BCUT2D eigenvalue weighted by atomic mass is 9.84. The molecule has 1 aromatic rings. The lowest BCUT2D eigenvalue weighted by Crippen LogP contribution is -2.49. The van der Waals surface area contributed by atoms with Crippen molar-refractivity contribution in [3.63, 3.8) is 0 Å². The van der Waals surface area contributed by atoms with Crippen molar-refractivity contribution in [3.05, 3.63) is 24.3 Å². The van der Waals surface area contributed by atoms with Gasteiger partial charge in [0, 0.05) is 13.1 Å². The lowest BCUT2D eigenvalue weighted by molar-refractivity contribution is -0.137. The Morgan fingerprint density at radius 2 is 1.96 bits per heavy atom. The minimum atomic E-state index is -0.131. The maximum atomic E-state index is 12.8. The van der Waals surface area contributed by atoms with Crippen molar-refractivity contribution in [2.45, 2.75) is 31.4 Å². The zero-order valence-corrected chi connectivity index (χ0v) is 14.7. The van der Waals surface area contributed by atoms with Crippen molar-refractivity contribution in [1.29, 1.82) is 0 Å². The Hall–Kier alpha value is -1.46. The van der Waals surface area contributed by atoms with Gasteiger partial charge in [-0.15, -0.1) is 12.4 Å². The number of fused-ring (bicyclic) bond motifs is 3. The molecule has 5 nitrogen and oxygen atoms in total. The molecular formula is C18H25ClN2O3. The van der Waals surface area contributed by atoms with E-state index in [1.807, 2.05) is 31.3 Å². The average Bonchev–Trinajstić information content (AvgIpc) is 3.15. The Kier molecular flexibility index (Phi) is 4.92. The van der Waals surface area contributed by atoms with Crippen molar-refractivity contribution >= 4 is 18.3 Å². The summed E-state index contributed by atoms with van der Waals surface area (Å²) in [5.41, 5.74) is 6.30. The van der Waals surface area contributed by atoms with Gasteiger partial charge in [0.05, 0.1) is 12.5 Å². The zero-order valence-electron chi connectivity index (χ0n) is 13.9. The highest BCUT2D eigenvalue weighted by atomic mass is 35.5. The smallest absolute Gasteiger partial charge is 0.227 e. The van der Waals surface area contributed by atoms with Crippen LogP contribution >= 0.6 is 12.4 Å². The standard InChI is InChI=1S/C18H24N2O3.ClH/c1-20(18(21)16-11-6-7-12(8-11)17(16)19)9-13-10-22-14-4-2-3-5-15(14)23-13;/h2-5,11-13,16-17H,6-10,19H2,1H3;1H. The molecule has 1 aromatic carbocycles. The van der Waals surface area contributed by atoms with E-state index >= 15 is 0 Å². The molecule has 5 atom stereocenters. The Labute approximate surface area is 148 Å². The van der Waals surface area contributed by atoms with E-state index in [2.05, 4.69) is 0 Å². The highest BCUT2D eigenvalue weighted by Crippen LogP contribution is 2.48. The van der Waals surface area contributed by atoms with E-state index in [-0.39, 0.29) is 36.4 Å². The number of benzene rings is 1. The van der Waals surface area contributed by atoms with Gasteiger partial charge in [-0.05, 0) is 43.2 Å². The van der Waals surface area contributed by atoms with Crippen molar-refractivity contribution in [3.8, 4) is 11.5 Å². The molecule has 2 aliphatic carbocycles. The number of hydrogen-bond acceptors (Lipinski definition) is 4. The average molecular weight is 353 g/mol. The maximum Gasteiger partial charge on any atom is 0.227 e. The number of carbonyl (C=O) groups is 1. The van der Waals surface area contributed by atoms with Crippen molar-refractivity contribution in [1.82, 2.24) is 4.90 Å². The van der Waals surface area contributed by atoms with Gasteiger partial charge in [0.2, 0.25) is 5.91 Å². The normalized spacial score (nSPS) is 33.0. The first-order valence-electron chi connectivity index (χ1n) is 8.52. The number of hydrogen-bond donors (Lipinski definition) is 1. The lowest BCUT2D eigenvalue weighted by Gasteiger charge is -2.33. The fraction of sp³-hybridized carbons (Fsp3) is 0.611. The number of carbonyl (C=O) groups excluding carboxylic acids is 1. The van der Waals surface area contributed by atoms with Crippen molar-refractivity contribution < 1.29 is 14.3 Å². The molecule has 2 saturated carbocycles. The predicted molar refractivity (Wildman–Crippen MR) is 93.5 cm³/mol. The van der Waals surface area contributed by atoms with Gasteiger partial charge < -0.3 is 20.1 Å². The summed E-state index contributed by atoms with van der Waals surface area (Å²) in [5, 5.41) is 0. The largest absolute Gasteiger partial charge is 0.486 e. The number of rotatable bonds is 3. The number of para-hydroxylation sites is 2. The fourth-order valence-corrected chi connectivity index (χ4v) is 4.51. The van der Waals surface area contributed by atoms with Gasteiger partial charge in [-0.3, -0.25) is 4.79 Å². The van der Waals surface area contributed by atoms with Gasteiger partial charge in [-0.2, -0.15) is 0 Å². The van der Waals surface area contributed by atoms with Crippen LogP contribution in [0.3, 0.4) is 0 Å².